The van der Waals surface area contributed by atoms with Crippen LogP contribution in [-0.2, 0) is 22.5 Å². The van der Waals surface area contributed by atoms with Gasteiger partial charge in [-0.1, -0.05) is 0 Å². The molecule has 12 heteroatoms. The number of amides is 3. The van der Waals surface area contributed by atoms with Crippen molar-refractivity contribution in [1.82, 2.24) is 19.8 Å². The third kappa shape index (κ3) is 5.74. The number of nitrogens with one attached hydrogen (secondary N) is 1. The number of ether oxygens (including phenoxy) is 2. The number of nitriles is 1. The molecule has 1 fully saturated rings. The summed E-state index contributed by atoms with van der Waals surface area (Å²) in [7, 11) is 5.31. The van der Waals surface area contributed by atoms with Crippen molar-refractivity contribution < 1.29 is 23.9 Å². The van der Waals surface area contributed by atoms with Crippen molar-refractivity contribution in [3.05, 3.63) is 40.7 Å². The van der Waals surface area contributed by atoms with Crippen molar-refractivity contribution in [2.24, 2.45) is 0 Å². The third-order valence-corrected chi connectivity index (χ3v) is 6.65. The summed E-state index contributed by atoms with van der Waals surface area (Å²) in [5.41, 5.74) is 1.94. The molecule has 3 amide bonds. The van der Waals surface area contributed by atoms with Gasteiger partial charge in [-0.25, -0.2) is 14.8 Å². The van der Waals surface area contributed by atoms with Crippen LogP contribution in [0, 0.1) is 11.3 Å². The Kier molecular flexibility index (Phi) is 8.50. The number of likely N-dealkylation sites (tertiary alicyclic amines) is 1. The predicted molar refractivity (Wildman–Crippen MR) is 138 cm³/mol. The molecule has 4 heterocycles. The third-order valence-electron chi connectivity index (χ3n) is 6.65. The number of nitrogens with zero attached hydrogens (tertiary/aromatic N) is 6. The number of methoxy groups -OCH3 is 1. The number of carbonyl (C=O) groups excluding carboxylic acids is 3. The van der Waals surface area contributed by atoms with E-state index in [-0.39, 0.29) is 41.4 Å². The second-order valence-corrected chi connectivity index (χ2v) is 9.37. The second kappa shape index (κ2) is 12.0. The lowest BCUT2D eigenvalue weighted by molar-refractivity contribution is -0.131. The van der Waals surface area contributed by atoms with Crippen LogP contribution in [-0.4, -0.2) is 91.5 Å². The highest BCUT2D eigenvalue weighted by Gasteiger charge is 2.34. The summed E-state index contributed by atoms with van der Waals surface area (Å²) in [6.07, 6.45) is 4.13. The molecular formula is C26H31N7O5. The maximum absolute atomic E-state index is 13.2. The molecule has 0 bridgehead atoms. The summed E-state index contributed by atoms with van der Waals surface area (Å²) >= 11 is 0. The maximum Gasteiger partial charge on any atom is 0.328 e. The molecule has 4 rings (SSSR count). The fourth-order valence-corrected chi connectivity index (χ4v) is 4.67. The lowest BCUT2D eigenvalue weighted by atomic mass is 10.0. The van der Waals surface area contributed by atoms with Gasteiger partial charge >= 0.3 is 6.03 Å². The molecule has 2 aromatic heterocycles. The van der Waals surface area contributed by atoms with E-state index < -0.39 is 6.03 Å². The van der Waals surface area contributed by atoms with E-state index in [9.17, 15) is 19.6 Å². The number of fused-ring (bicyclic) bond motifs is 1. The number of aldehydes is 1. The average Bonchev–Trinajstić information content (AvgIpc) is 3.28. The van der Waals surface area contributed by atoms with E-state index in [0.717, 1.165) is 12.0 Å². The Hall–Kier alpha value is -4.08. The number of pyridine rings is 2. The molecule has 0 unspecified atom stereocenters. The van der Waals surface area contributed by atoms with Crippen LogP contribution in [0.5, 0.6) is 5.75 Å². The number of aromatic nitrogens is 2. The van der Waals surface area contributed by atoms with Gasteiger partial charge in [0.25, 0.3) is 0 Å². The first-order valence-corrected chi connectivity index (χ1v) is 12.4. The quantitative estimate of drug-likeness (QED) is 0.386. The van der Waals surface area contributed by atoms with Crippen molar-refractivity contribution in [2.45, 2.75) is 31.8 Å². The maximum atomic E-state index is 13.2. The van der Waals surface area contributed by atoms with E-state index in [4.69, 9.17) is 9.47 Å². The Morgan fingerprint density at radius 1 is 1.32 bits per heavy atom. The van der Waals surface area contributed by atoms with Gasteiger partial charge in [-0.15, -0.1) is 0 Å². The first-order valence-electron chi connectivity index (χ1n) is 12.4. The molecule has 2 aromatic rings. The van der Waals surface area contributed by atoms with Crippen LogP contribution in [0.2, 0.25) is 0 Å². The molecule has 200 valence electrons. The Morgan fingerprint density at radius 2 is 2.13 bits per heavy atom. The van der Waals surface area contributed by atoms with Gasteiger partial charge in [0.1, 0.15) is 41.3 Å². The highest BCUT2D eigenvalue weighted by Crippen LogP contribution is 2.29. The highest BCUT2D eigenvalue weighted by atomic mass is 16.5. The first kappa shape index (κ1) is 27.0. The topological polar surface area (TPSA) is 141 Å². The summed E-state index contributed by atoms with van der Waals surface area (Å²) in [6, 6.07) is 4.74. The van der Waals surface area contributed by atoms with Gasteiger partial charge in [-0.3, -0.25) is 24.7 Å². The van der Waals surface area contributed by atoms with Crippen LogP contribution >= 0.6 is 0 Å². The van der Waals surface area contributed by atoms with Crippen LogP contribution in [0.4, 0.5) is 16.4 Å². The number of likely N-dealkylation sites (N-methyl/N-ethyl adjacent to an activating group) is 1. The predicted octanol–water partition coefficient (Wildman–Crippen LogP) is 1.83. The molecule has 1 saturated heterocycles. The van der Waals surface area contributed by atoms with Gasteiger partial charge in [-0.05, 0) is 45.0 Å². The van der Waals surface area contributed by atoms with E-state index >= 15 is 0 Å². The van der Waals surface area contributed by atoms with Gasteiger partial charge in [-0.2, -0.15) is 5.26 Å². The zero-order valence-corrected chi connectivity index (χ0v) is 21.8. The molecule has 2 aliphatic rings. The van der Waals surface area contributed by atoms with Gasteiger partial charge in [0.2, 0.25) is 5.91 Å². The number of hydrogen-bond donors (Lipinski definition) is 1. The Morgan fingerprint density at radius 3 is 2.82 bits per heavy atom. The van der Waals surface area contributed by atoms with E-state index in [1.54, 1.807) is 12.0 Å². The highest BCUT2D eigenvalue weighted by molar-refractivity contribution is 6.01. The van der Waals surface area contributed by atoms with E-state index in [1.807, 2.05) is 31.1 Å². The molecule has 0 aliphatic carbocycles. The van der Waals surface area contributed by atoms with Crippen molar-refractivity contribution >= 4 is 29.9 Å². The van der Waals surface area contributed by atoms with Crippen LogP contribution in [0.1, 0.15) is 40.0 Å². The fourth-order valence-electron chi connectivity index (χ4n) is 4.67. The van der Waals surface area contributed by atoms with Gasteiger partial charge < -0.3 is 14.4 Å². The second-order valence-electron chi connectivity index (χ2n) is 9.37. The normalized spacial score (nSPS) is 16.8. The summed E-state index contributed by atoms with van der Waals surface area (Å²) in [5, 5.41) is 12.1. The zero-order valence-electron chi connectivity index (χ0n) is 21.8. The van der Waals surface area contributed by atoms with E-state index in [0.29, 0.717) is 56.8 Å². The minimum Gasteiger partial charge on any atom is -0.490 e. The molecule has 0 spiro atoms. The van der Waals surface area contributed by atoms with Gasteiger partial charge in [0.05, 0.1) is 18.8 Å². The largest absolute Gasteiger partial charge is 0.490 e. The average molecular weight is 522 g/mol. The summed E-state index contributed by atoms with van der Waals surface area (Å²) in [5.74, 6) is 0.937. The summed E-state index contributed by atoms with van der Waals surface area (Å²) < 4.78 is 10.6. The monoisotopic (exact) mass is 521 g/mol. The number of aryl methyl sites for hydroxylation is 1. The molecule has 0 radical (unpaired) electrons. The van der Waals surface area contributed by atoms with Crippen LogP contribution in [0.3, 0.4) is 0 Å². The molecule has 0 aromatic carbocycles. The minimum atomic E-state index is -0.466. The number of hydrogen-bond acceptors (Lipinski definition) is 9. The molecule has 1 N–H and O–H groups in total. The van der Waals surface area contributed by atoms with Crippen LogP contribution in [0.25, 0.3) is 0 Å². The van der Waals surface area contributed by atoms with Crippen LogP contribution in [0.15, 0.2) is 18.3 Å². The van der Waals surface area contributed by atoms with E-state index in [2.05, 4.69) is 15.3 Å². The number of urea groups is 1. The molecule has 38 heavy (non-hydrogen) atoms. The number of carbonyl (C=O) groups is 3. The SMILES string of the molecule is COCCOc1cc(NC(=O)N2CCCc3cc(CN4CC[C@@H](N(C)C)C4=O)c(C=O)nc32)ncc1C#N. The van der Waals surface area contributed by atoms with Gasteiger partial charge in [0.15, 0.2) is 6.29 Å². The standard InChI is InChI=1S/C26H31N7O5/c1-31(2)21-6-8-32(25(21)35)15-18-11-17-5-4-7-33(24(17)29-20(18)16-34)26(36)30-23-12-22(38-10-9-37-3)19(13-27)14-28-23/h11-12,14,16,21H,4-10,15H2,1-3H3,(H,28,30,36)/t21-/m1/s1. The Labute approximate surface area is 221 Å². The number of rotatable bonds is 9. The lowest BCUT2D eigenvalue weighted by Crippen LogP contribution is -2.40. The minimum absolute atomic E-state index is 0.0334. The molecule has 1 atom stereocenters. The lowest BCUT2D eigenvalue weighted by Gasteiger charge is -2.29. The molecule has 0 saturated carbocycles. The van der Waals surface area contributed by atoms with Crippen LogP contribution < -0.4 is 15.0 Å². The van der Waals surface area contributed by atoms with Crippen molar-refractivity contribution in [2.75, 3.05) is 57.7 Å². The first-order chi connectivity index (χ1) is 18.4. The molecule has 12 nitrogen and oxygen atoms in total. The zero-order chi connectivity index (χ0) is 27.2. The smallest absolute Gasteiger partial charge is 0.328 e. The van der Waals surface area contributed by atoms with Gasteiger partial charge in [0, 0.05) is 38.4 Å². The fraction of sp³-hybridized carbons (Fsp3) is 0.462. The van der Waals surface area contributed by atoms with E-state index in [1.165, 1.54) is 17.2 Å². The summed E-state index contributed by atoms with van der Waals surface area (Å²) in [6.45, 7) is 1.90. The molecule has 2 aliphatic heterocycles. The Balaban J connectivity index is 1.53. The van der Waals surface area contributed by atoms with Crippen molar-refractivity contribution in [1.29, 1.82) is 5.26 Å². The number of anilines is 2. The Bertz CT molecular complexity index is 1260. The molecular weight excluding hydrogens is 490 g/mol. The van der Waals surface area contributed by atoms with Crippen molar-refractivity contribution in [3.63, 3.8) is 0 Å². The summed E-state index contributed by atoms with van der Waals surface area (Å²) in [4.78, 5) is 51.8. The van der Waals surface area contributed by atoms with Crippen molar-refractivity contribution in [3.8, 4) is 11.8 Å².